The molecule has 35 heavy (non-hydrogen) atoms. The maximum Gasteiger partial charge on any atom is 0.257 e. The van der Waals surface area contributed by atoms with Crippen LogP contribution in [-0.4, -0.2) is 35.7 Å². The highest BCUT2D eigenvalue weighted by molar-refractivity contribution is 6.05. The summed E-state index contributed by atoms with van der Waals surface area (Å²) >= 11 is 0. The number of rotatable bonds is 5. The van der Waals surface area contributed by atoms with Crippen molar-refractivity contribution in [1.29, 1.82) is 0 Å². The smallest absolute Gasteiger partial charge is 0.257 e. The van der Waals surface area contributed by atoms with Crippen molar-refractivity contribution in [1.82, 2.24) is 29.8 Å². The van der Waals surface area contributed by atoms with Crippen LogP contribution < -0.4 is 5.32 Å². The Bertz CT molecular complexity index is 1390. The van der Waals surface area contributed by atoms with Crippen LogP contribution in [0.3, 0.4) is 0 Å². The highest BCUT2D eigenvalue weighted by Crippen LogP contribution is 2.26. The molecule has 0 radical (unpaired) electrons. The van der Waals surface area contributed by atoms with Gasteiger partial charge < -0.3 is 5.32 Å². The number of amides is 1. The largest absolute Gasteiger partial charge is 0.322 e. The van der Waals surface area contributed by atoms with Gasteiger partial charge in [-0.2, -0.15) is 5.10 Å². The SMILES string of the molecule is Cc1ccc(NC(=O)c2cc(C(C)(C)C)cnc2C)cc1-n1cc(-c2cnn(C(C)C)c2C)nn1. The molecule has 1 amide bonds. The van der Waals surface area contributed by atoms with Crippen molar-refractivity contribution in [2.45, 2.75) is 66.8 Å². The standard InChI is InChI=1S/C27H33N7O/c1-16(2)34-19(5)23(14-29-34)24-15-33(32-31-24)25-12-21(10-9-17(25)3)30-26(35)22-11-20(27(6,7)8)13-28-18(22)4/h9-16H,1-8H3,(H,30,35). The van der Waals surface area contributed by atoms with E-state index in [0.29, 0.717) is 16.9 Å². The first-order chi connectivity index (χ1) is 16.5. The van der Waals surface area contributed by atoms with Crippen molar-refractivity contribution in [3.8, 4) is 16.9 Å². The van der Waals surface area contributed by atoms with Gasteiger partial charge >= 0.3 is 0 Å². The Morgan fingerprint density at radius 3 is 2.46 bits per heavy atom. The molecule has 182 valence electrons. The van der Waals surface area contributed by atoms with Crippen LogP contribution in [0.4, 0.5) is 5.69 Å². The van der Waals surface area contributed by atoms with Gasteiger partial charge in [-0.1, -0.05) is 32.1 Å². The van der Waals surface area contributed by atoms with Crippen LogP contribution in [0.1, 0.15) is 73.5 Å². The monoisotopic (exact) mass is 471 g/mol. The molecule has 8 heteroatoms. The third-order valence-corrected chi connectivity index (χ3v) is 6.21. The molecule has 4 rings (SSSR count). The molecule has 4 aromatic rings. The van der Waals surface area contributed by atoms with Gasteiger partial charge in [-0.05, 0) is 69.4 Å². The second-order valence-electron chi connectivity index (χ2n) is 10.3. The van der Waals surface area contributed by atoms with E-state index in [1.807, 2.05) is 68.3 Å². The zero-order valence-corrected chi connectivity index (χ0v) is 21.7. The van der Waals surface area contributed by atoms with Crippen LogP contribution in [0.2, 0.25) is 0 Å². The predicted octanol–water partition coefficient (Wildman–Crippen LogP) is 5.58. The minimum absolute atomic E-state index is 0.0957. The summed E-state index contributed by atoms with van der Waals surface area (Å²) in [4.78, 5) is 17.6. The Morgan fingerprint density at radius 2 is 1.80 bits per heavy atom. The Morgan fingerprint density at radius 1 is 1.06 bits per heavy atom. The zero-order chi connectivity index (χ0) is 25.5. The van der Waals surface area contributed by atoms with Crippen LogP contribution >= 0.6 is 0 Å². The molecule has 0 saturated heterocycles. The number of aryl methyl sites for hydroxylation is 2. The van der Waals surface area contributed by atoms with Gasteiger partial charge in [-0.3, -0.25) is 14.5 Å². The number of carbonyl (C=O) groups is 1. The van der Waals surface area contributed by atoms with Gasteiger partial charge in [0.15, 0.2) is 0 Å². The van der Waals surface area contributed by atoms with Gasteiger partial charge in [0.25, 0.3) is 5.91 Å². The Balaban J connectivity index is 1.62. The summed E-state index contributed by atoms with van der Waals surface area (Å²) in [6.07, 6.45) is 5.56. The second-order valence-corrected chi connectivity index (χ2v) is 10.3. The second kappa shape index (κ2) is 9.09. The lowest BCUT2D eigenvalue weighted by molar-refractivity contribution is 0.102. The average molecular weight is 472 g/mol. The number of benzene rings is 1. The minimum Gasteiger partial charge on any atom is -0.322 e. The molecule has 0 aliphatic heterocycles. The topological polar surface area (TPSA) is 90.5 Å². The van der Waals surface area contributed by atoms with Crippen molar-refractivity contribution < 1.29 is 4.79 Å². The summed E-state index contributed by atoms with van der Waals surface area (Å²) < 4.78 is 3.71. The quantitative estimate of drug-likeness (QED) is 0.410. The third kappa shape index (κ3) is 4.87. The number of pyridine rings is 1. The first-order valence-corrected chi connectivity index (χ1v) is 11.8. The van der Waals surface area contributed by atoms with Gasteiger partial charge in [0, 0.05) is 34.9 Å². The van der Waals surface area contributed by atoms with E-state index in [-0.39, 0.29) is 17.4 Å². The van der Waals surface area contributed by atoms with Crippen molar-refractivity contribution >= 4 is 11.6 Å². The van der Waals surface area contributed by atoms with Crippen molar-refractivity contribution in [3.63, 3.8) is 0 Å². The fourth-order valence-electron chi connectivity index (χ4n) is 4.01. The number of aromatic nitrogens is 6. The fourth-order valence-corrected chi connectivity index (χ4v) is 4.01. The molecule has 0 aliphatic rings. The lowest BCUT2D eigenvalue weighted by Crippen LogP contribution is -2.18. The van der Waals surface area contributed by atoms with Gasteiger partial charge in [-0.15, -0.1) is 5.10 Å². The van der Waals surface area contributed by atoms with Gasteiger partial charge in [0.1, 0.15) is 5.69 Å². The van der Waals surface area contributed by atoms with Gasteiger partial charge in [-0.25, -0.2) is 4.68 Å². The summed E-state index contributed by atoms with van der Waals surface area (Å²) in [6.45, 7) is 16.4. The van der Waals surface area contributed by atoms with E-state index in [4.69, 9.17) is 0 Å². The minimum atomic E-state index is -0.188. The maximum atomic E-state index is 13.1. The zero-order valence-electron chi connectivity index (χ0n) is 21.7. The number of carbonyl (C=O) groups excluding carboxylic acids is 1. The summed E-state index contributed by atoms with van der Waals surface area (Å²) in [6, 6.07) is 7.96. The number of hydrogen-bond acceptors (Lipinski definition) is 5. The lowest BCUT2D eigenvalue weighted by atomic mass is 9.87. The highest BCUT2D eigenvalue weighted by Gasteiger charge is 2.19. The molecular formula is C27H33N7O. The van der Waals surface area contributed by atoms with Crippen LogP contribution in [-0.2, 0) is 5.41 Å². The lowest BCUT2D eigenvalue weighted by Gasteiger charge is -2.20. The Kier molecular flexibility index (Phi) is 6.32. The molecule has 1 N–H and O–H groups in total. The molecule has 0 bridgehead atoms. The first kappa shape index (κ1) is 24.3. The molecule has 0 fully saturated rings. The van der Waals surface area contributed by atoms with E-state index in [9.17, 15) is 4.79 Å². The molecule has 0 aliphatic carbocycles. The summed E-state index contributed by atoms with van der Waals surface area (Å²) in [5.41, 5.74) is 7.48. The molecule has 0 atom stereocenters. The Hall–Kier alpha value is -3.81. The fraction of sp³-hybridized carbons (Fsp3) is 0.370. The van der Waals surface area contributed by atoms with E-state index in [0.717, 1.165) is 33.8 Å². The summed E-state index contributed by atoms with van der Waals surface area (Å²) in [7, 11) is 0. The number of anilines is 1. The number of hydrogen-bond donors (Lipinski definition) is 1. The van der Waals surface area contributed by atoms with Gasteiger partial charge in [0.05, 0.1) is 23.6 Å². The molecule has 3 heterocycles. The van der Waals surface area contributed by atoms with Crippen molar-refractivity contribution in [2.75, 3.05) is 5.32 Å². The van der Waals surface area contributed by atoms with Crippen LogP contribution in [0.15, 0.2) is 42.9 Å². The number of nitrogens with one attached hydrogen (secondary N) is 1. The molecule has 0 saturated carbocycles. The number of nitrogens with zero attached hydrogens (tertiary/aromatic N) is 6. The summed E-state index contributed by atoms with van der Waals surface area (Å²) in [5, 5.41) is 16.2. The third-order valence-electron chi connectivity index (χ3n) is 6.21. The molecule has 1 aromatic carbocycles. The van der Waals surface area contributed by atoms with E-state index in [1.54, 1.807) is 4.68 Å². The van der Waals surface area contributed by atoms with E-state index >= 15 is 0 Å². The van der Waals surface area contributed by atoms with Crippen LogP contribution in [0.25, 0.3) is 16.9 Å². The van der Waals surface area contributed by atoms with Crippen molar-refractivity contribution in [3.05, 3.63) is 70.9 Å². The predicted molar refractivity (Wildman–Crippen MR) is 138 cm³/mol. The molecule has 0 unspecified atom stereocenters. The maximum absolute atomic E-state index is 13.1. The summed E-state index contributed by atoms with van der Waals surface area (Å²) in [5.74, 6) is -0.188. The highest BCUT2D eigenvalue weighted by atomic mass is 16.1. The molecule has 3 aromatic heterocycles. The van der Waals surface area contributed by atoms with Crippen LogP contribution in [0.5, 0.6) is 0 Å². The normalized spacial score (nSPS) is 11.8. The van der Waals surface area contributed by atoms with Crippen LogP contribution in [0, 0.1) is 20.8 Å². The van der Waals surface area contributed by atoms with E-state index in [2.05, 4.69) is 60.3 Å². The molecule has 0 spiro atoms. The first-order valence-electron chi connectivity index (χ1n) is 11.8. The Labute approximate surface area is 206 Å². The molecule has 8 nitrogen and oxygen atoms in total. The van der Waals surface area contributed by atoms with E-state index in [1.165, 1.54) is 0 Å². The van der Waals surface area contributed by atoms with Gasteiger partial charge in [0.2, 0.25) is 0 Å². The average Bonchev–Trinajstić information content (AvgIpc) is 3.41. The van der Waals surface area contributed by atoms with E-state index < -0.39 is 0 Å². The molecular weight excluding hydrogens is 438 g/mol. The van der Waals surface area contributed by atoms with Crippen molar-refractivity contribution in [2.24, 2.45) is 0 Å².